The molecule has 2 N–H and O–H groups in total. The molecule has 3 amide bonds. The zero-order valence-corrected chi connectivity index (χ0v) is 20.3. The molecular formula is C27H23ClN2O6. The van der Waals surface area contributed by atoms with E-state index in [0.29, 0.717) is 16.9 Å². The van der Waals surface area contributed by atoms with Crippen molar-refractivity contribution in [2.75, 3.05) is 7.11 Å². The summed E-state index contributed by atoms with van der Waals surface area (Å²) in [6, 6.07) is 16.7. The fraction of sp³-hybridized carbons (Fsp3) is 0.148. The number of benzene rings is 3. The molecule has 36 heavy (non-hydrogen) atoms. The third-order valence-electron chi connectivity index (χ3n) is 5.54. The molecule has 0 radical (unpaired) electrons. The number of carbonyl (C=O) groups is 3. The highest BCUT2D eigenvalue weighted by Gasteiger charge is 2.33. The Hall–Kier alpha value is -4.30. The summed E-state index contributed by atoms with van der Waals surface area (Å²) in [7, 11) is 1.45. The van der Waals surface area contributed by atoms with Crippen LogP contribution in [0.1, 0.15) is 32.6 Å². The molecule has 1 heterocycles. The van der Waals surface area contributed by atoms with E-state index in [2.05, 4.69) is 5.32 Å². The summed E-state index contributed by atoms with van der Waals surface area (Å²) >= 11 is 6.45. The van der Waals surface area contributed by atoms with Crippen molar-refractivity contribution in [3.05, 3.63) is 99.2 Å². The van der Waals surface area contributed by atoms with Crippen LogP contribution in [0.3, 0.4) is 0 Å². The van der Waals surface area contributed by atoms with E-state index < -0.39 is 17.9 Å². The topological polar surface area (TPSA) is 105 Å². The van der Waals surface area contributed by atoms with Crippen molar-refractivity contribution in [2.24, 2.45) is 0 Å². The lowest BCUT2D eigenvalue weighted by atomic mass is 10.1. The van der Waals surface area contributed by atoms with Crippen LogP contribution in [-0.2, 0) is 17.9 Å². The van der Waals surface area contributed by atoms with Crippen LogP contribution in [0.4, 0.5) is 4.79 Å². The van der Waals surface area contributed by atoms with Crippen molar-refractivity contribution in [3.8, 4) is 11.5 Å². The Labute approximate surface area is 212 Å². The van der Waals surface area contributed by atoms with Gasteiger partial charge in [0, 0.05) is 0 Å². The number of methoxy groups -OCH3 is 1. The molecule has 0 atom stereocenters. The first kappa shape index (κ1) is 24.8. The molecule has 1 aliphatic heterocycles. The van der Waals surface area contributed by atoms with Crippen LogP contribution in [0.2, 0.25) is 5.02 Å². The highest BCUT2D eigenvalue weighted by atomic mass is 35.5. The van der Waals surface area contributed by atoms with E-state index in [1.54, 1.807) is 24.3 Å². The smallest absolute Gasteiger partial charge is 0.335 e. The summed E-state index contributed by atoms with van der Waals surface area (Å²) in [6.45, 7) is 2.19. The van der Waals surface area contributed by atoms with Gasteiger partial charge in [-0.3, -0.25) is 9.69 Å². The van der Waals surface area contributed by atoms with Gasteiger partial charge in [0.1, 0.15) is 12.3 Å². The maximum absolute atomic E-state index is 12.9. The number of nitrogens with zero attached hydrogens (tertiary/aromatic N) is 1. The van der Waals surface area contributed by atoms with Gasteiger partial charge in [-0.25, -0.2) is 9.59 Å². The molecule has 3 aromatic carbocycles. The number of urea groups is 1. The van der Waals surface area contributed by atoms with Crippen molar-refractivity contribution in [2.45, 2.75) is 20.1 Å². The molecular weight excluding hydrogens is 484 g/mol. The summed E-state index contributed by atoms with van der Waals surface area (Å²) in [6.07, 6.45) is 1.52. The number of aryl methyl sites for hydroxylation is 1. The number of rotatable bonds is 8. The molecule has 8 nitrogen and oxygen atoms in total. The van der Waals surface area contributed by atoms with Crippen LogP contribution in [0.25, 0.3) is 6.08 Å². The Balaban J connectivity index is 1.52. The van der Waals surface area contributed by atoms with Crippen LogP contribution in [0.15, 0.2) is 66.4 Å². The maximum atomic E-state index is 12.9. The number of imide groups is 1. The summed E-state index contributed by atoms with van der Waals surface area (Å²) < 4.78 is 11.2. The standard InChI is InChI=1S/C27H23ClN2O6/c1-16-6-8-17(9-7-16)14-30-25(31)22(29-27(30)34)12-19-11-21(28)24(23(13-19)35-2)36-15-18-4-3-5-20(10-18)26(32)33/h3-13H,14-15H2,1-2H3,(H,29,34)(H,32,33)/b22-12+. The van der Waals surface area contributed by atoms with Crippen molar-refractivity contribution in [1.82, 2.24) is 10.2 Å². The van der Waals surface area contributed by atoms with Crippen molar-refractivity contribution in [3.63, 3.8) is 0 Å². The molecule has 0 spiro atoms. The number of aromatic carboxylic acids is 1. The number of ether oxygens (including phenoxy) is 2. The van der Waals surface area contributed by atoms with Gasteiger partial charge < -0.3 is 19.9 Å². The third-order valence-corrected chi connectivity index (χ3v) is 5.82. The van der Waals surface area contributed by atoms with Crippen LogP contribution < -0.4 is 14.8 Å². The number of hydrogen-bond acceptors (Lipinski definition) is 5. The van der Waals surface area contributed by atoms with E-state index in [9.17, 15) is 14.4 Å². The van der Waals surface area contributed by atoms with E-state index in [0.717, 1.165) is 16.0 Å². The second-order valence-electron chi connectivity index (χ2n) is 8.19. The van der Waals surface area contributed by atoms with Gasteiger partial charge in [-0.05, 0) is 54.0 Å². The maximum Gasteiger partial charge on any atom is 0.335 e. The van der Waals surface area contributed by atoms with E-state index >= 15 is 0 Å². The molecule has 0 bridgehead atoms. The van der Waals surface area contributed by atoms with Crippen LogP contribution in [0.5, 0.6) is 11.5 Å². The number of amides is 3. The van der Waals surface area contributed by atoms with E-state index in [-0.39, 0.29) is 35.2 Å². The molecule has 0 unspecified atom stereocenters. The molecule has 1 saturated heterocycles. The fourth-order valence-electron chi connectivity index (χ4n) is 3.67. The summed E-state index contributed by atoms with van der Waals surface area (Å²) in [5.74, 6) is -0.896. The van der Waals surface area contributed by atoms with Crippen LogP contribution in [-0.4, -0.2) is 35.0 Å². The van der Waals surface area contributed by atoms with E-state index in [4.69, 9.17) is 26.2 Å². The van der Waals surface area contributed by atoms with Gasteiger partial charge in [0.2, 0.25) is 0 Å². The lowest BCUT2D eigenvalue weighted by Gasteiger charge is -2.14. The number of carboxylic acid groups (broad SMARTS) is 1. The monoisotopic (exact) mass is 506 g/mol. The summed E-state index contributed by atoms with van der Waals surface area (Å²) in [4.78, 5) is 37.6. The predicted octanol–water partition coefficient (Wildman–Crippen LogP) is 5.03. The number of carboxylic acids is 1. The van der Waals surface area contributed by atoms with Gasteiger partial charge in [0.25, 0.3) is 5.91 Å². The molecule has 0 saturated carbocycles. The van der Waals surface area contributed by atoms with Gasteiger partial charge >= 0.3 is 12.0 Å². The number of carbonyl (C=O) groups excluding carboxylic acids is 2. The number of halogens is 1. The van der Waals surface area contributed by atoms with Gasteiger partial charge in [-0.2, -0.15) is 0 Å². The lowest BCUT2D eigenvalue weighted by molar-refractivity contribution is -0.123. The molecule has 9 heteroatoms. The quantitative estimate of drug-likeness (QED) is 0.328. The Morgan fingerprint density at radius 1 is 1.08 bits per heavy atom. The first-order valence-electron chi connectivity index (χ1n) is 11.0. The Bertz CT molecular complexity index is 1370. The van der Waals surface area contributed by atoms with Crippen LogP contribution in [0, 0.1) is 6.92 Å². The lowest BCUT2D eigenvalue weighted by Crippen LogP contribution is -2.30. The number of hydrogen-bond donors (Lipinski definition) is 2. The molecule has 184 valence electrons. The predicted molar refractivity (Wildman–Crippen MR) is 134 cm³/mol. The normalized spacial score (nSPS) is 14.2. The minimum atomic E-state index is -1.03. The molecule has 0 aliphatic carbocycles. The minimum Gasteiger partial charge on any atom is -0.493 e. The zero-order valence-electron chi connectivity index (χ0n) is 19.6. The van der Waals surface area contributed by atoms with Gasteiger partial charge in [0.15, 0.2) is 11.5 Å². The summed E-state index contributed by atoms with van der Waals surface area (Å²) in [5.41, 5.74) is 3.36. The van der Waals surface area contributed by atoms with Crippen molar-refractivity contribution in [1.29, 1.82) is 0 Å². The largest absolute Gasteiger partial charge is 0.493 e. The highest BCUT2D eigenvalue weighted by Crippen LogP contribution is 2.37. The van der Waals surface area contributed by atoms with Gasteiger partial charge in [-0.15, -0.1) is 0 Å². The third kappa shape index (κ3) is 5.50. The van der Waals surface area contributed by atoms with Gasteiger partial charge in [0.05, 0.1) is 24.2 Å². The molecule has 3 aromatic rings. The second kappa shape index (κ2) is 10.5. The average molecular weight is 507 g/mol. The SMILES string of the molecule is COc1cc(/C=C2/NC(=O)N(Cc3ccc(C)cc3)C2=O)cc(Cl)c1OCc1cccc(C(=O)O)c1. The van der Waals surface area contributed by atoms with Gasteiger partial charge in [-0.1, -0.05) is 53.6 Å². The molecule has 1 aliphatic rings. The average Bonchev–Trinajstić information content (AvgIpc) is 3.11. The Kier molecular flexibility index (Phi) is 7.26. The molecule has 4 rings (SSSR count). The van der Waals surface area contributed by atoms with E-state index in [1.165, 1.54) is 25.3 Å². The number of nitrogens with one attached hydrogen (secondary N) is 1. The first-order chi connectivity index (χ1) is 17.2. The Morgan fingerprint density at radius 3 is 2.53 bits per heavy atom. The van der Waals surface area contributed by atoms with Crippen molar-refractivity contribution < 1.29 is 29.0 Å². The first-order valence-corrected chi connectivity index (χ1v) is 11.4. The van der Waals surface area contributed by atoms with Crippen LogP contribution >= 0.6 is 11.6 Å². The van der Waals surface area contributed by atoms with E-state index in [1.807, 2.05) is 31.2 Å². The second-order valence-corrected chi connectivity index (χ2v) is 8.60. The zero-order chi connectivity index (χ0) is 25.8. The molecule has 0 aromatic heterocycles. The van der Waals surface area contributed by atoms with Crippen molar-refractivity contribution >= 4 is 35.6 Å². The molecule has 1 fully saturated rings. The highest BCUT2D eigenvalue weighted by molar-refractivity contribution is 6.32. The summed E-state index contributed by atoms with van der Waals surface area (Å²) in [5, 5.41) is 12.0. The minimum absolute atomic E-state index is 0.0696. The Morgan fingerprint density at radius 2 is 1.83 bits per heavy atom. The fourth-order valence-corrected chi connectivity index (χ4v) is 3.94.